The molecule has 0 aliphatic heterocycles. The predicted octanol–water partition coefficient (Wildman–Crippen LogP) is 4.25. The lowest BCUT2D eigenvalue weighted by Crippen LogP contribution is -2.25. The minimum absolute atomic E-state index is 0.126. The van der Waals surface area contributed by atoms with E-state index in [9.17, 15) is 9.59 Å². The number of aryl methyl sites for hydroxylation is 1. The number of urea groups is 1. The Labute approximate surface area is 165 Å². The number of anilines is 2. The molecule has 0 spiro atoms. The summed E-state index contributed by atoms with van der Waals surface area (Å²) in [6, 6.07) is 4.91. The zero-order chi connectivity index (χ0) is 19.6. The molecular formula is C18H15Cl2N5O2. The molecule has 0 radical (unpaired) electrons. The molecule has 0 atom stereocenters. The van der Waals surface area contributed by atoms with Gasteiger partial charge in [-0.05, 0) is 18.6 Å². The second-order valence-corrected chi connectivity index (χ2v) is 6.47. The number of amides is 3. The van der Waals surface area contributed by atoms with Crippen molar-refractivity contribution in [3.8, 4) is 0 Å². The number of benzene rings is 1. The number of para-hydroxylation sites is 1. The number of carbonyl (C=O) groups excluding carboxylic acids is 2. The van der Waals surface area contributed by atoms with Gasteiger partial charge in [0, 0.05) is 31.0 Å². The number of carbonyl (C=O) groups is 2. The number of nitrogens with one attached hydrogen (secondary N) is 3. The molecular weight excluding hydrogens is 389 g/mol. The van der Waals surface area contributed by atoms with E-state index in [2.05, 4.69) is 25.9 Å². The van der Waals surface area contributed by atoms with Crippen LogP contribution in [0.25, 0.3) is 10.9 Å². The van der Waals surface area contributed by atoms with Crippen LogP contribution in [0, 0.1) is 6.92 Å². The summed E-state index contributed by atoms with van der Waals surface area (Å²) < 4.78 is 0. The van der Waals surface area contributed by atoms with Gasteiger partial charge in [-0.25, -0.2) is 4.79 Å². The van der Waals surface area contributed by atoms with Gasteiger partial charge in [-0.1, -0.05) is 35.3 Å². The summed E-state index contributed by atoms with van der Waals surface area (Å²) in [6.45, 7) is 1.83. The van der Waals surface area contributed by atoms with Gasteiger partial charge >= 0.3 is 6.03 Å². The quantitative estimate of drug-likeness (QED) is 0.608. The van der Waals surface area contributed by atoms with E-state index >= 15 is 0 Å². The SMILES string of the molecule is CNC(=O)Nc1c(C)cnc2c(NC(=O)c3c(Cl)cncc3Cl)cccc12. The van der Waals surface area contributed by atoms with E-state index in [4.69, 9.17) is 23.2 Å². The summed E-state index contributed by atoms with van der Waals surface area (Å²) in [5, 5.41) is 9.03. The average Bonchev–Trinajstić information content (AvgIpc) is 2.64. The fourth-order valence-corrected chi connectivity index (χ4v) is 3.11. The highest BCUT2D eigenvalue weighted by atomic mass is 35.5. The van der Waals surface area contributed by atoms with Crippen LogP contribution in [0.3, 0.4) is 0 Å². The Kier molecular flexibility index (Phi) is 5.43. The molecule has 0 aliphatic rings. The number of aromatic nitrogens is 2. The molecule has 2 heterocycles. The minimum atomic E-state index is -0.483. The number of hydrogen-bond acceptors (Lipinski definition) is 4. The number of rotatable bonds is 3. The number of hydrogen-bond donors (Lipinski definition) is 3. The average molecular weight is 404 g/mol. The Balaban J connectivity index is 2.04. The first-order chi connectivity index (χ1) is 12.9. The fraction of sp³-hybridized carbons (Fsp3) is 0.111. The third kappa shape index (κ3) is 3.79. The Morgan fingerprint density at radius 3 is 2.41 bits per heavy atom. The van der Waals surface area contributed by atoms with Crippen molar-refractivity contribution in [2.45, 2.75) is 6.92 Å². The lowest BCUT2D eigenvalue weighted by Gasteiger charge is -2.14. The van der Waals surface area contributed by atoms with Crippen molar-refractivity contribution < 1.29 is 9.59 Å². The Morgan fingerprint density at radius 2 is 1.74 bits per heavy atom. The van der Waals surface area contributed by atoms with Crippen LogP contribution in [0.2, 0.25) is 10.0 Å². The molecule has 0 aliphatic carbocycles. The molecule has 2 aromatic heterocycles. The number of halogens is 2. The van der Waals surface area contributed by atoms with Gasteiger partial charge in [0.15, 0.2) is 0 Å². The van der Waals surface area contributed by atoms with Gasteiger partial charge in [-0.3, -0.25) is 14.8 Å². The minimum Gasteiger partial charge on any atom is -0.341 e. The van der Waals surface area contributed by atoms with Crippen molar-refractivity contribution in [1.82, 2.24) is 15.3 Å². The van der Waals surface area contributed by atoms with Crippen LogP contribution >= 0.6 is 23.2 Å². The van der Waals surface area contributed by atoms with Crippen LogP contribution in [0.5, 0.6) is 0 Å². The van der Waals surface area contributed by atoms with E-state index in [1.807, 2.05) is 13.0 Å². The third-order valence-corrected chi connectivity index (χ3v) is 4.45. The molecule has 3 N–H and O–H groups in total. The van der Waals surface area contributed by atoms with E-state index < -0.39 is 5.91 Å². The molecule has 0 saturated heterocycles. The van der Waals surface area contributed by atoms with Crippen molar-refractivity contribution in [3.05, 3.63) is 58.0 Å². The van der Waals surface area contributed by atoms with Gasteiger partial charge < -0.3 is 16.0 Å². The van der Waals surface area contributed by atoms with Crippen LogP contribution in [0.1, 0.15) is 15.9 Å². The number of pyridine rings is 2. The van der Waals surface area contributed by atoms with Crippen LogP contribution < -0.4 is 16.0 Å². The standard InChI is InChI=1S/C18H15Cl2N5O2/c1-9-6-23-16-10(15(9)25-18(27)21-2)4-3-5-13(16)24-17(26)14-11(19)7-22-8-12(14)20/h3-8H,1-2H3,(H,24,26)(H2,21,23,25,27). The Bertz CT molecular complexity index is 1040. The number of nitrogens with zero attached hydrogens (tertiary/aromatic N) is 2. The molecule has 0 saturated carbocycles. The van der Waals surface area contributed by atoms with Crippen LogP contribution in [0.4, 0.5) is 16.2 Å². The van der Waals surface area contributed by atoms with Crippen LogP contribution in [-0.4, -0.2) is 29.0 Å². The summed E-state index contributed by atoms with van der Waals surface area (Å²) in [7, 11) is 1.53. The van der Waals surface area contributed by atoms with Gasteiger partial charge in [-0.2, -0.15) is 0 Å². The summed E-state index contributed by atoms with van der Waals surface area (Å²) >= 11 is 12.1. The van der Waals surface area contributed by atoms with E-state index in [-0.39, 0.29) is 21.6 Å². The molecule has 0 fully saturated rings. The number of fused-ring (bicyclic) bond motifs is 1. The first-order valence-corrected chi connectivity index (χ1v) is 8.65. The largest absolute Gasteiger partial charge is 0.341 e. The Morgan fingerprint density at radius 1 is 1.04 bits per heavy atom. The predicted molar refractivity (Wildman–Crippen MR) is 107 cm³/mol. The smallest absolute Gasteiger partial charge is 0.319 e. The van der Waals surface area contributed by atoms with Gasteiger partial charge in [0.1, 0.15) is 0 Å². The zero-order valence-electron chi connectivity index (χ0n) is 14.4. The molecule has 3 aromatic rings. The Hall–Kier alpha value is -2.90. The van der Waals surface area contributed by atoms with Crippen molar-refractivity contribution in [2.75, 3.05) is 17.7 Å². The second kappa shape index (κ2) is 7.77. The van der Waals surface area contributed by atoms with Crippen molar-refractivity contribution in [3.63, 3.8) is 0 Å². The highest BCUT2D eigenvalue weighted by Crippen LogP contribution is 2.31. The van der Waals surface area contributed by atoms with E-state index in [0.717, 1.165) is 5.56 Å². The van der Waals surface area contributed by atoms with Gasteiger partial charge in [-0.15, -0.1) is 0 Å². The topological polar surface area (TPSA) is 96.0 Å². The maximum absolute atomic E-state index is 12.7. The van der Waals surface area contributed by atoms with Gasteiger partial charge in [0.25, 0.3) is 5.91 Å². The molecule has 0 unspecified atom stereocenters. The van der Waals surface area contributed by atoms with Gasteiger partial charge in [0.05, 0.1) is 32.5 Å². The van der Waals surface area contributed by atoms with Gasteiger partial charge in [0.2, 0.25) is 0 Å². The monoisotopic (exact) mass is 403 g/mol. The first-order valence-electron chi connectivity index (χ1n) is 7.89. The molecule has 3 rings (SSSR count). The van der Waals surface area contributed by atoms with Crippen molar-refractivity contribution in [1.29, 1.82) is 0 Å². The van der Waals surface area contributed by atoms with Crippen LogP contribution in [-0.2, 0) is 0 Å². The normalized spacial score (nSPS) is 10.5. The maximum Gasteiger partial charge on any atom is 0.319 e. The molecule has 7 nitrogen and oxygen atoms in total. The third-order valence-electron chi connectivity index (χ3n) is 3.88. The lowest BCUT2D eigenvalue weighted by molar-refractivity contribution is 0.102. The molecule has 27 heavy (non-hydrogen) atoms. The second-order valence-electron chi connectivity index (χ2n) is 5.65. The summed E-state index contributed by atoms with van der Waals surface area (Å²) in [5.41, 5.74) is 2.50. The zero-order valence-corrected chi connectivity index (χ0v) is 15.9. The first kappa shape index (κ1) is 18.9. The maximum atomic E-state index is 12.7. The van der Waals surface area contributed by atoms with Crippen molar-refractivity contribution in [2.24, 2.45) is 0 Å². The lowest BCUT2D eigenvalue weighted by atomic mass is 10.1. The molecule has 138 valence electrons. The van der Waals surface area contributed by atoms with E-state index in [1.54, 1.807) is 18.3 Å². The highest BCUT2D eigenvalue weighted by molar-refractivity contribution is 6.40. The van der Waals surface area contributed by atoms with Crippen molar-refractivity contribution >= 4 is 57.4 Å². The molecule has 3 amide bonds. The summed E-state index contributed by atoms with van der Waals surface area (Å²) in [5.74, 6) is -0.483. The van der Waals surface area contributed by atoms with E-state index in [1.165, 1.54) is 19.4 Å². The molecule has 0 bridgehead atoms. The molecule has 1 aromatic carbocycles. The van der Waals surface area contributed by atoms with Crippen LogP contribution in [0.15, 0.2) is 36.8 Å². The highest BCUT2D eigenvalue weighted by Gasteiger charge is 2.18. The van der Waals surface area contributed by atoms with E-state index in [0.29, 0.717) is 22.3 Å². The summed E-state index contributed by atoms with van der Waals surface area (Å²) in [6.07, 6.45) is 4.31. The summed E-state index contributed by atoms with van der Waals surface area (Å²) in [4.78, 5) is 32.7. The molecule has 9 heteroatoms. The fourth-order valence-electron chi connectivity index (χ4n) is 2.58.